The molecule has 0 radical (unpaired) electrons. The second-order valence-electron chi connectivity index (χ2n) is 5.13. The van der Waals surface area contributed by atoms with Crippen molar-refractivity contribution >= 4 is 0 Å². The molecule has 1 heterocycles. The lowest BCUT2D eigenvalue weighted by Gasteiger charge is -2.21. The molecule has 0 aliphatic heterocycles. The zero-order chi connectivity index (χ0) is 14.1. The second-order valence-corrected chi connectivity index (χ2v) is 5.13. The molecule has 0 saturated carbocycles. The maximum atomic E-state index is 6.18. The highest BCUT2D eigenvalue weighted by Crippen LogP contribution is 2.33. The summed E-state index contributed by atoms with van der Waals surface area (Å²) in [7, 11) is 3.30. The van der Waals surface area contributed by atoms with Gasteiger partial charge in [0.25, 0.3) is 0 Å². The number of hydrogen-bond donors (Lipinski definition) is 1. The fourth-order valence-electron chi connectivity index (χ4n) is 2.94. The van der Waals surface area contributed by atoms with Crippen LogP contribution in [-0.2, 0) is 6.42 Å². The molecule has 0 spiro atoms. The molecule has 1 aliphatic carbocycles. The van der Waals surface area contributed by atoms with Gasteiger partial charge in [0, 0.05) is 29.7 Å². The Bertz CT molecular complexity index is 619. The van der Waals surface area contributed by atoms with E-state index in [1.165, 1.54) is 11.3 Å². The Labute approximate surface area is 119 Å². The fraction of sp³-hybridized carbons (Fsp3) is 0.375. The molecule has 20 heavy (non-hydrogen) atoms. The van der Waals surface area contributed by atoms with Gasteiger partial charge in [-0.15, -0.1) is 0 Å². The highest BCUT2D eigenvalue weighted by molar-refractivity contribution is 5.50. The number of benzene rings is 1. The van der Waals surface area contributed by atoms with Gasteiger partial charge in [-0.2, -0.15) is 0 Å². The number of fused-ring (bicyclic) bond motifs is 1. The van der Waals surface area contributed by atoms with E-state index in [4.69, 9.17) is 15.2 Å². The van der Waals surface area contributed by atoms with Crippen molar-refractivity contribution in [2.75, 3.05) is 14.2 Å². The lowest BCUT2D eigenvalue weighted by Crippen LogP contribution is -2.17. The number of methoxy groups -OCH3 is 2. The van der Waals surface area contributed by atoms with Crippen LogP contribution in [0.15, 0.2) is 30.5 Å². The van der Waals surface area contributed by atoms with Crippen LogP contribution in [0.2, 0.25) is 0 Å². The lowest BCUT2D eigenvalue weighted by molar-refractivity contribution is 0.355. The summed E-state index contributed by atoms with van der Waals surface area (Å²) in [4.78, 5) is 0. The fourth-order valence-corrected chi connectivity index (χ4v) is 2.94. The first-order valence-corrected chi connectivity index (χ1v) is 6.92. The van der Waals surface area contributed by atoms with E-state index in [9.17, 15) is 0 Å². The molecule has 0 bridgehead atoms. The maximum absolute atomic E-state index is 6.18. The van der Waals surface area contributed by atoms with E-state index in [1.54, 1.807) is 14.2 Å². The molecule has 1 aromatic carbocycles. The van der Waals surface area contributed by atoms with Gasteiger partial charge in [-0.1, -0.05) is 0 Å². The van der Waals surface area contributed by atoms with Crippen LogP contribution in [0.4, 0.5) is 0 Å². The number of rotatable bonds is 3. The summed E-state index contributed by atoms with van der Waals surface area (Å²) in [5, 5.41) is 0. The number of hydrogen-bond acceptors (Lipinski definition) is 3. The minimum Gasteiger partial charge on any atom is -0.493 e. The summed E-state index contributed by atoms with van der Waals surface area (Å²) >= 11 is 0. The molecule has 2 N–H and O–H groups in total. The smallest absolute Gasteiger partial charge is 0.162 e. The van der Waals surface area contributed by atoms with Crippen molar-refractivity contribution in [2.45, 2.75) is 25.3 Å². The van der Waals surface area contributed by atoms with Crippen molar-refractivity contribution in [2.24, 2.45) is 5.73 Å². The minimum atomic E-state index is 0.167. The molecule has 0 saturated heterocycles. The Morgan fingerprint density at radius 2 is 1.95 bits per heavy atom. The summed E-state index contributed by atoms with van der Waals surface area (Å²) < 4.78 is 12.9. The predicted octanol–water partition coefficient (Wildman–Crippen LogP) is 2.83. The van der Waals surface area contributed by atoms with Crippen molar-refractivity contribution in [3.8, 4) is 17.2 Å². The van der Waals surface area contributed by atoms with Crippen molar-refractivity contribution < 1.29 is 9.47 Å². The summed E-state index contributed by atoms with van der Waals surface area (Å²) in [5.41, 5.74) is 9.85. The van der Waals surface area contributed by atoms with Gasteiger partial charge in [0.15, 0.2) is 11.5 Å². The van der Waals surface area contributed by atoms with Gasteiger partial charge in [0.05, 0.1) is 14.2 Å². The summed E-state index contributed by atoms with van der Waals surface area (Å²) in [6, 6.07) is 8.28. The van der Waals surface area contributed by atoms with Crippen LogP contribution in [0.25, 0.3) is 5.69 Å². The van der Waals surface area contributed by atoms with Crippen LogP contribution >= 0.6 is 0 Å². The zero-order valence-corrected chi connectivity index (χ0v) is 11.9. The molecule has 0 amide bonds. The molecule has 1 aliphatic rings. The third kappa shape index (κ3) is 2.06. The van der Waals surface area contributed by atoms with Crippen molar-refractivity contribution in [3.63, 3.8) is 0 Å². The zero-order valence-electron chi connectivity index (χ0n) is 11.9. The Kier molecular flexibility index (Phi) is 3.40. The highest BCUT2D eigenvalue weighted by Gasteiger charge is 2.21. The molecule has 3 rings (SSSR count). The Morgan fingerprint density at radius 1 is 1.15 bits per heavy atom. The number of nitrogens with zero attached hydrogens (tertiary/aromatic N) is 1. The summed E-state index contributed by atoms with van der Waals surface area (Å²) in [6.45, 7) is 0. The molecule has 2 aromatic rings. The number of nitrogens with two attached hydrogens (primary N) is 1. The van der Waals surface area contributed by atoms with E-state index < -0.39 is 0 Å². The van der Waals surface area contributed by atoms with E-state index in [2.05, 4.69) is 16.8 Å². The first-order chi connectivity index (χ1) is 9.74. The van der Waals surface area contributed by atoms with Crippen molar-refractivity contribution in [1.82, 2.24) is 4.57 Å². The van der Waals surface area contributed by atoms with Crippen molar-refractivity contribution in [3.05, 3.63) is 41.7 Å². The molecule has 4 heteroatoms. The van der Waals surface area contributed by atoms with Crippen LogP contribution in [0.1, 0.15) is 30.1 Å². The molecular formula is C16H20N2O2. The SMILES string of the molecule is COc1ccc(-n2ccc3c2CCCC3N)cc1OC. The summed E-state index contributed by atoms with van der Waals surface area (Å²) in [6.07, 6.45) is 5.38. The van der Waals surface area contributed by atoms with Crippen LogP contribution in [0.3, 0.4) is 0 Å². The number of aromatic nitrogens is 1. The van der Waals surface area contributed by atoms with E-state index in [0.29, 0.717) is 0 Å². The first-order valence-electron chi connectivity index (χ1n) is 6.92. The molecular weight excluding hydrogens is 252 g/mol. The number of ether oxygens (including phenoxy) is 2. The lowest BCUT2D eigenvalue weighted by atomic mass is 9.93. The van der Waals surface area contributed by atoms with E-state index in [1.807, 2.05) is 18.2 Å². The van der Waals surface area contributed by atoms with E-state index in [-0.39, 0.29) is 6.04 Å². The quantitative estimate of drug-likeness (QED) is 0.934. The Morgan fingerprint density at radius 3 is 2.70 bits per heavy atom. The maximum Gasteiger partial charge on any atom is 0.162 e. The van der Waals surface area contributed by atoms with Gasteiger partial charge in [-0.25, -0.2) is 0 Å². The standard InChI is InChI=1S/C16H20N2O2/c1-19-15-7-6-11(10-16(15)20-2)18-9-8-12-13(17)4-3-5-14(12)18/h6-10,13H,3-5,17H2,1-2H3. The minimum absolute atomic E-state index is 0.167. The normalized spacial score (nSPS) is 17.6. The largest absolute Gasteiger partial charge is 0.493 e. The van der Waals surface area contributed by atoms with E-state index in [0.717, 1.165) is 36.4 Å². The first kappa shape index (κ1) is 13.1. The molecule has 1 aromatic heterocycles. The third-order valence-corrected chi connectivity index (χ3v) is 4.00. The predicted molar refractivity (Wildman–Crippen MR) is 78.7 cm³/mol. The molecule has 106 valence electrons. The monoisotopic (exact) mass is 272 g/mol. The highest BCUT2D eigenvalue weighted by atomic mass is 16.5. The van der Waals surface area contributed by atoms with Gasteiger partial charge < -0.3 is 19.8 Å². The average Bonchev–Trinajstić information content (AvgIpc) is 2.92. The van der Waals surface area contributed by atoms with Gasteiger partial charge in [0.2, 0.25) is 0 Å². The second kappa shape index (κ2) is 5.21. The molecule has 1 unspecified atom stereocenters. The topological polar surface area (TPSA) is 49.4 Å². The van der Waals surface area contributed by atoms with Gasteiger partial charge in [-0.05, 0) is 43.0 Å². The molecule has 0 fully saturated rings. The Hall–Kier alpha value is -1.94. The van der Waals surface area contributed by atoms with Crippen LogP contribution in [0, 0.1) is 0 Å². The van der Waals surface area contributed by atoms with Crippen LogP contribution < -0.4 is 15.2 Å². The molecule has 1 atom stereocenters. The van der Waals surface area contributed by atoms with Gasteiger partial charge >= 0.3 is 0 Å². The van der Waals surface area contributed by atoms with Crippen molar-refractivity contribution in [1.29, 1.82) is 0 Å². The summed E-state index contributed by atoms with van der Waals surface area (Å²) in [5.74, 6) is 1.49. The Balaban J connectivity index is 2.05. The van der Waals surface area contributed by atoms with Crippen LogP contribution in [0.5, 0.6) is 11.5 Å². The van der Waals surface area contributed by atoms with E-state index >= 15 is 0 Å². The third-order valence-electron chi connectivity index (χ3n) is 4.00. The molecule has 4 nitrogen and oxygen atoms in total. The van der Waals surface area contributed by atoms with Gasteiger partial charge in [0.1, 0.15) is 0 Å². The van der Waals surface area contributed by atoms with Gasteiger partial charge in [-0.3, -0.25) is 0 Å². The van der Waals surface area contributed by atoms with Crippen LogP contribution in [-0.4, -0.2) is 18.8 Å². The average molecular weight is 272 g/mol.